The van der Waals surface area contributed by atoms with E-state index in [2.05, 4.69) is 17.4 Å². The molecule has 2 N–H and O–H groups in total. The predicted octanol–water partition coefficient (Wildman–Crippen LogP) is 7.04. The maximum atomic E-state index is 11.1. The van der Waals surface area contributed by atoms with Crippen molar-refractivity contribution in [2.75, 3.05) is 5.32 Å². The van der Waals surface area contributed by atoms with Crippen LogP contribution in [0.3, 0.4) is 0 Å². The molecule has 0 fully saturated rings. The van der Waals surface area contributed by atoms with Crippen molar-refractivity contribution in [3.05, 3.63) is 106 Å². The van der Waals surface area contributed by atoms with Crippen molar-refractivity contribution < 1.29 is 14.6 Å². The van der Waals surface area contributed by atoms with Gasteiger partial charge in [-0.1, -0.05) is 59.6 Å². The van der Waals surface area contributed by atoms with Crippen molar-refractivity contribution in [1.29, 1.82) is 0 Å². The molecule has 4 aromatic rings. The van der Waals surface area contributed by atoms with E-state index in [-0.39, 0.29) is 5.56 Å². The van der Waals surface area contributed by atoms with Gasteiger partial charge >= 0.3 is 5.97 Å². The predicted molar refractivity (Wildman–Crippen MR) is 125 cm³/mol. The number of aromatic carboxylic acids is 1. The molecule has 4 nitrogen and oxygen atoms in total. The molecule has 0 atom stereocenters. The van der Waals surface area contributed by atoms with Crippen LogP contribution in [-0.2, 0) is 13.2 Å². The molecule has 4 aromatic carbocycles. The van der Waals surface area contributed by atoms with E-state index < -0.39 is 5.97 Å². The van der Waals surface area contributed by atoms with E-state index in [9.17, 15) is 4.79 Å². The number of hydrogen-bond acceptors (Lipinski definition) is 3. The third-order valence-corrected chi connectivity index (χ3v) is 5.72. The van der Waals surface area contributed by atoms with Crippen LogP contribution in [0.2, 0.25) is 10.0 Å². The number of carbonyl (C=O) groups is 1. The van der Waals surface area contributed by atoms with Crippen LogP contribution in [0.15, 0.2) is 78.9 Å². The minimum Gasteiger partial charge on any atom is -0.489 e. The minimum atomic E-state index is -0.946. The van der Waals surface area contributed by atoms with Gasteiger partial charge < -0.3 is 15.2 Å². The lowest BCUT2D eigenvalue weighted by molar-refractivity contribution is 0.0697. The number of carboxylic acid groups (broad SMARTS) is 1. The fourth-order valence-electron chi connectivity index (χ4n) is 3.35. The van der Waals surface area contributed by atoms with E-state index in [1.54, 1.807) is 36.4 Å². The number of hydrogen-bond donors (Lipinski definition) is 2. The lowest BCUT2D eigenvalue weighted by Crippen LogP contribution is -2.05. The summed E-state index contributed by atoms with van der Waals surface area (Å²) in [6, 6.07) is 24.2. The molecule has 0 saturated carbocycles. The summed E-state index contributed by atoms with van der Waals surface area (Å²) >= 11 is 12.1. The molecule has 6 heteroatoms. The van der Waals surface area contributed by atoms with Crippen molar-refractivity contribution in [1.82, 2.24) is 0 Å². The van der Waals surface area contributed by atoms with Gasteiger partial charge in [-0.2, -0.15) is 0 Å². The largest absolute Gasteiger partial charge is 0.489 e. The van der Waals surface area contributed by atoms with Crippen LogP contribution in [0.5, 0.6) is 5.75 Å². The Kier molecular flexibility index (Phi) is 6.31. The Labute approximate surface area is 190 Å². The Morgan fingerprint density at radius 1 is 0.903 bits per heavy atom. The number of benzene rings is 4. The smallest absolute Gasteiger partial charge is 0.335 e. The number of rotatable bonds is 7. The normalized spacial score (nSPS) is 10.8. The van der Waals surface area contributed by atoms with Gasteiger partial charge in [0.2, 0.25) is 0 Å². The summed E-state index contributed by atoms with van der Waals surface area (Å²) in [5.74, 6) is -0.182. The quantitative estimate of drug-likeness (QED) is 0.316. The van der Waals surface area contributed by atoms with E-state index in [0.717, 1.165) is 33.3 Å². The minimum absolute atomic E-state index is 0.251. The van der Waals surface area contributed by atoms with Crippen molar-refractivity contribution in [2.24, 2.45) is 0 Å². The summed E-state index contributed by atoms with van der Waals surface area (Å²) in [4.78, 5) is 11.1. The van der Waals surface area contributed by atoms with Gasteiger partial charge in [0.05, 0.1) is 15.6 Å². The lowest BCUT2D eigenvalue weighted by Gasteiger charge is -2.16. The summed E-state index contributed by atoms with van der Waals surface area (Å²) in [6.07, 6.45) is 0. The van der Waals surface area contributed by atoms with E-state index in [4.69, 9.17) is 33.0 Å². The van der Waals surface area contributed by atoms with Crippen molar-refractivity contribution >= 4 is 45.6 Å². The van der Waals surface area contributed by atoms with Crippen molar-refractivity contribution in [3.8, 4) is 5.75 Å². The third kappa shape index (κ3) is 4.93. The van der Waals surface area contributed by atoms with E-state index in [1.165, 1.54) is 0 Å². The second-order valence-electron chi connectivity index (χ2n) is 7.04. The highest BCUT2D eigenvalue weighted by atomic mass is 35.5. The SMILES string of the molecule is O=C(O)c1ccc(NCc2c(OCc3ccc(Cl)c(Cl)c3)ccc3ccccc23)cc1. The second-order valence-corrected chi connectivity index (χ2v) is 7.85. The first-order valence-electron chi connectivity index (χ1n) is 9.66. The van der Waals surface area contributed by atoms with E-state index >= 15 is 0 Å². The third-order valence-electron chi connectivity index (χ3n) is 4.98. The molecule has 0 heterocycles. The van der Waals surface area contributed by atoms with Gasteiger partial charge in [0.25, 0.3) is 0 Å². The standard InChI is InChI=1S/C25H19Cl2NO3/c26-22-11-5-16(13-23(22)27)15-31-24-12-8-17-3-1-2-4-20(17)21(24)14-28-19-9-6-18(7-10-19)25(29)30/h1-13,28H,14-15H2,(H,29,30). The number of fused-ring (bicyclic) bond motifs is 1. The molecule has 0 radical (unpaired) electrons. The molecule has 0 amide bonds. The molecule has 4 rings (SSSR count). The summed E-state index contributed by atoms with van der Waals surface area (Å²) < 4.78 is 6.15. The number of nitrogens with one attached hydrogen (secondary N) is 1. The molecule has 0 saturated heterocycles. The molecule has 156 valence electrons. The highest BCUT2D eigenvalue weighted by Gasteiger charge is 2.10. The Morgan fingerprint density at radius 2 is 1.68 bits per heavy atom. The number of halogens is 2. The highest BCUT2D eigenvalue weighted by molar-refractivity contribution is 6.42. The van der Waals surface area contributed by atoms with Crippen LogP contribution in [0, 0.1) is 0 Å². The Hall–Kier alpha value is -3.21. The van der Waals surface area contributed by atoms with E-state index in [0.29, 0.717) is 23.2 Å². The first-order valence-corrected chi connectivity index (χ1v) is 10.4. The average Bonchev–Trinajstić information content (AvgIpc) is 2.79. The van der Waals surface area contributed by atoms with Gasteiger partial charge in [0, 0.05) is 17.8 Å². The molecule has 0 spiro atoms. The first kappa shape index (κ1) is 21.0. The summed E-state index contributed by atoms with van der Waals surface area (Å²) in [5, 5.41) is 15.6. The summed E-state index contributed by atoms with van der Waals surface area (Å²) in [5.41, 5.74) is 3.01. The van der Waals surface area contributed by atoms with Crippen LogP contribution in [0.4, 0.5) is 5.69 Å². The molecule has 0 aliphatic carbocycles. The van der Waals surface area contributed by atoms with Crippen LogP contribution < -0.4 is 10.1 Å². The second kappa shape index (κ2) is 9.29. The van der Waals surface area contributed by atoms with Gasteiger partial charge in [0.1, 0.15) is 12.4 Å². The van der Waals surface area contributed by atoms with Crippen molar-refractivity contribution in [2.45, 2.75) is 13.2 Å². The molecular weight excluding hydrogens is 433 g/mol. The Bertz CT molecular complexity index is 1240. The number of ether oxygens (including phenoxy) is 1. The lowest BCUT2D eigenvalue weighted by atomic mass is 10.0. The van der Waals surface area contributed by atoms with Gasteiger partial charge in [-0.3, -0.25) is 0 Å². The zero-order valence-corrected chi connectivity index (χ0v) is 18.0. The van der Waals surface area contributed by atoms with Crippen LogP contribution in [0.1, 0.15) is 21.5 Å². The zero-order chi connectivity index (χ0) is 21.8. The maximum Gasteiger partial charge on any atom is 0.335 e. The molecular formula is C25H19Cl2NO3. The zero-order valence-electron chi connectivity index (χ0n) is 16.4. The highest BCUT2D eigenvalue weighted by Crippen LogP contribution is 2.30. The van der Waals surface area contributed by atoms with Gasteiger partial charge in [-0.25, -0.2) is 4.79 Å². The number of anilines is 1. The van der Waals surface area contributed by atoms with Gasteiger partial charge in [-0.15, -0.1) is 0 Å². The van der Waals surface area contributed by atoms with Crippen LogP contribution >= 0.6 is 23.2 Å². The summed E-state index contributed by atoms with van der Waals surface area (Å²) in [6.45, 7) is 0.875. The molecule has 0 aliphatic heterocycles. The fourth-order valence-corrected chi connectivity index (χ4v) is 3.67. The van der Waals surface area contributed by atoms with Gasteiger partial charge in [-0.05, 0) is 58.8 Å². The van der Waals surface area contributed by atoms with E-state index in [1.807, 2.05) is 30.3 Å². The molecule has 0 aromatic heterocycles. The molecule has 0 aliphatic rings. The van der Waals surface area contributed by atoms with Crippen LogP contribution in [-0.4, -0.2) is 11.1 Å². The number of carboxylic acids is 1. The van der Waals surface area contributed by atoms with Gasteiger partial charge in [0.15, 0.2) is 0 Å². The summed E-state index contributed by atoms with van der Waals surface area (Å²) in [7, 11) is 0. The molecule has 0 bridgehead atoms. The van der Waals surface area contributed by atoms with Crippen LogP contribution in [0.25, 0.3) is 10.8 Å². The maximum absolute atomic E-state index is 11.1. The Balaban J connectivity index is 1.59. The monoisotopic (exact) mass is 451 g/mol. The topological polar surface area (TPSA) is 58.6 Å². The fraction of sp³-hybridized carbons (Fsp3) is 0.0800. The molecule has 0 unspecified atom stereocenters. The molecule has 31 heavy (non-hydrogen) atoms. The Morgan fingerprint density at radius 3 is 2.42 bits per heavy atom. The first-order chi connectivity index (χ1) is 15.0. The van der Waals surface area contributed by atoms with Crippen molar-refractivity contribution in [3.63, 3.8) is 0 Å². The average molecular weight is 452 g/mol.